The lowest BCUT2D eigenvalue weighted by molar-refractivity contribution is -0.142. The quantitative estimate of drug-likeness (QED) is 0.407. The second kappa shape index (κ2) is 8.00. The van der Waals surface area contributed by atoms with Crippen molar-refractivity contribution in [3.8, 4) is 11.6 Å². The Bertz CT molecular complexity index is 1600. The fourth-order valence-electron chi connectivity index (χ4n) is 4.38. The van der Waals surface area contributed by atoms with Crippen LogP contribution in [0.2, 0.25) is 0 Å². The number of halogens is 3. The number of imidazole rings is 1. The maximum absolute atomic E-state index is 13.6. The van der Waals surface area contributed by atoms with E-state index in [-0.39, 0.29) is 29.5 Å². The van der Waals surface area contributed by atoms with E-state index in [1.807, 2.05) is 13.0 Å². The lowest BCUT2D eigenvalue weighted by Crippen LogP contribution is -2.41. The van der Waals surface area contributed by atoms with Gasteiger partial charge in [-0.25, -0.2) is 14.5 Å². The number of aryl methyl sites for hydroxylation is 1. The largest absolute Gasteiger partial charge is 0.433 e. The Morgan fingerprint density at radius 3 is 2.81 bits per heavy atom. The lowest BCUT2D eigenvalue weighted by atomic mass is 9.99. The van der Waals surface area contributed by atoms with Crippen LogP contribution in [0.15, 0.2) is 53.2 Å². The first-order chi connectivity index (χ1) is 17.3. The Morgan fingerprint density at radius 1 is 1.17 bits per heavy atom. The second-order valence-electron chi connectivity index (χ2n) is 8.31. The van der Waals surface area contributed by atoms with Crippen LogP contribution in [0.5, 0.6) is 0 Å². The SMILES string of the molecule is Cc1cccc(-c2nnc(C(=O)N3CCc4[nH]cnc4[C@@H]3c3cc4cccc(C(F)(F)F)n4n3)o2)n1. The van der Waals surface area contributed by atoms with Crippen molar-refractivity contribution in [1.82, 2.24) is 39.7 Å². The topological polar surface area (TPSA) is 118 Å². The number of rotatable bonds is 3. The minimum Gasteiger partial charge on any atom is -0.411 e. The number of pyridine rings is 2. The fourth-order valence-corrected chi connectivity index (χ4v) is 4.38. The van der Waals surface area contributed by atoms with E-state index in [1.165, 1.54) is 29.4 Å². The molecule has 10 nitrogen and oxygen atoms in total. The number of H-pyrrole nitrogens is 1. The van der Waals surface area contributed by atoms with Crippen molar-refractivity contribution in [3.05, 3.63) is 83.2 Å². The van der Waals surface area contributed by atoms with Crippen LogP contribution >= 0.6 is 0 Å². The standard InChI is InChI=1S/C23H17F3N8O2/c1-12-4-2-6-15(29-12)20-30-31-21(36-20)22(35)33-9-8-14-18(28-11-27-14)19(33)16-10-13-5-3-7-17(23(24,25)26)34(13)32-16/h2-7,10-11,19H,8-9H2,1H3,(H,27,28)/t19-/m0/s1. The first kappa shape index (κ1) is 21.9. The molecule has 0 radical (unpaired) electrons. The Labute approximate surface area is 200 Å². The molecule has 1 amide bonds. The summed E-state index contributed by atoms with van der Waals surface area (Å²) in [4.78, 5) is 26.7. The number of amides is 1. The van der Waals surface area contributed by atoms with Gasteiger partial charge in [-0.1, -0.05) is 12.1 Å². The molecule has 0 saturated heterocycles. The van der Waals surface area contributed by atoms with E-state index in [0.717, 1.165) is 22.0 Å². The van der Waals surface area contributed by atoms with Gasteiger partial charge < -0.3 is 14.3 Å². The van der Waals surface area contributed by atoms with Crippen LogP contribution in [0.25, 0.3) is 17.1 Å². The monoisotopic (exact) mass is 494 g/mol. The molecule has 0 aromatic carbocycles. The summed E-state index contributed by atoms with van der Waals surface area (Å²) < 4.78 is 47.2. The molecule has 0 saturated carbocycles. The van der Waals surface area contributed by atoms with Crippen molar-refractivity contribution in [1.29, 1.82) is 0 Å². The van der Waals surface area contributed by atoms with Crippen molar-refractivity contribution in [2.45, 2.75) is 25.6 Å². The van der Waals surface area contributed by atoms with E-state index in [4.69, 9.17) is 4.42 Å². The minimum atomic E-state index is -4.60. The third-order valence-electron chi connectivity index (χ3n) is 5.98. The number of fused-ring (bicyclic) bond motifs is 2. The molecule has 5 aromatic rings. The molecule has 36 heavy (non-hydrogen) atoms. The van der Waals surface area contributed by atoms with Gasteiger partial charge in [0, 0.05) is 24.4 Å². The fraction of sp³-hybridized carbons (Fsp3) is 0.217. The van der Waals surface area contributed by atoms with E-state index in [9.17, 15) is 18.0 Å². The maximum Gasteiger partial charge on any atom is 0.433 e. The molecule has 6 rings (SSSR count). The van der Waals surface area contributed by atoms with Gasteiger partial charge in [0.2, 0.25) is 0 Å². The summed E-state index contributed by atoms with van der Waals surface area (Å²) in [7, 11) is 0. The molecule has 5 aromatic heterocycles. The zero-order valence-electron chi connectivity index (χ0n) is 18.7. The van der Waals surface area contributed by atoms with Crippen LogP contribution < -0.4 is 0 Å². The van der Waals surface area contributed by atoms with Crippen LogP contribution in [0.4, 0.5) is 13.2 Å². The van der Waals surface area contributed by atoms with Crippen molar-refractivity contribution >= 4 is 11.4 Å². The molecular weight excluding hydrogens is 477 g/mol. The van der Waals surface area contributed by atoms with E-state index < -0.39 is 23.8 Å². The molecule has 0 bridgehead atoms. The molecule has 1 aliphatic rings. The average Bonchev–Trinajstić information content (AvgIpc) is 3.61. The number of hydrogen-bond acceptors (Lipinski definition) is 7. The van der Waals surface area contributed by atoms with E-state index >= 15 is 0 Å². The van der Waals surface area contributed by atoms with Crippen molar-refractivity contribution in [2.75, 3.05) is 6.54 Å². The van der Waals surface area contributed by atoms with Gasteiger partial charge in [0.25, 0.3) is 5.89 Å². The Hall–Kier alpha value is -4.55. The zero-order valence-corrected chi connectivity index (χ0v) is 18.7. The predicted molar refractivity (Wildman–Crippen MR) is 118 cm³/mol. The maximum atomic E-state index is 13.6. The van der Waals surface area contributed by atoms with Crippen LogP contribution in [0.3, 0.4) is 0 Å². The summed E-state index contributed by atoms with van der Waals surface area (Å²) in [6, 6.07) is 9.71. The van der Waals surface area contributed by atoms with Gasteiger partial charge in [-0.2, -0.15) is 18.3 Å². The van der Waals surface area contributed by atoms with Gasteiger partial charge in [-0.05, 0) is 37.3 Å². The minimum absolute atomic E-state index is 0.0821. The third kappa shape index (κ3) is 3.59. The molecule has 0 aliphatic carbocycles. The molecule has 6 heterocycles. The van der Waals surface area contributed by atoms with Crippen LogP contribution in [0.1, 0.15) is 45.2 Å². The van der Waals surface area contributed by atoms with Gasteiger partial charge >= 0.3 is 18.0 Å². The van der Waals surface area contributed by atoms with E-state index in [0.29, 0.717) is 17.8 Å². The van der Waals surface area contributed by atoms with Crippen molar-refractivity contribution < 1.29 is 22.4 Å². The van der Waals surface area contributed by atoms with Crippen LogP contribution in [-0.4, -0.2) is 52.1 Å². The number of hydrogen-bond donors (Lipinski definition) is 1. The van der Waals surface area contributed by atoms with E-state index in [2.05, 4.69) is 30.2 Å². The van der Waals surface area contributed by atoms with Crippen LogP contribution in [0, 0.1) is 6.92 Å². The summed E-state index contributed by atoms with van der Waals surface area (Å²) >= 11 is 0. The number of alkyl halides is 3. The Balaban J connectivity index is 1.42. The van der Waals surface area contributed by atoms with Gasteiger partial charge in [0.15, 0.2) is 0 Å². The number of aromatic amines is 1. The lowest BCUT2D eigenvalue weighted by Gasteiger charge is -2.32. The van der Waals surface area contributed by atoms with Crippen molar-refractivity contribution in [2.24, 2.45) is 0 Å². The second-order valence-corrected chi connectivity index (χ2v) is 8.31. The highest BCUT2D eigenvalue weighted by atomic mass is 19.4. The molecule has 13 heteroatoms. The summed E-state index contributed by atoms with van der Waals surface area (Å²) in [6.07, 6.45) is -2.66. The predicted octanol–water partition coefficient (Wildman–Crippen LogP) is 3.62. The van der Waals surface area contributed by atoms with Gasteiger partial charge in [-0.3, -0.25) is 4.79 Å². The first-order valence-electron chi connectivity index (χ1n) is 11.0. The molecule has 1 N–H and O–H groups in total. The summed E-state index contributed by atoms with van der Waals surface area (Å²) in [6.45, 7) is 2.05. The average molecular weight is 494 g/mol. The number of aromatic nitrogens is 7. The highest BCUT2D eigenvalue weighted by Gasteiger charge is 2.39. The number of nitrogens with zero attached hydrogens (tertiary/aromatic N) is 7. The highest BCUT2D eigenvalue weighted by Crippen LogP contribution is 2.36. The van der Waals surface area contributed by atoms with Gasteiger partial charge in [-0.15, -0.1) is 10.2 Å². The van der Waals surface area contributed by atoms with Crippen LogP contribution in [-0.2, 0) is 12.6 Å². The van der Waals surface area contributed by atoms with E-state index in [1.54, 1.807) is 12.1 Å². The Morgan fingerprint density at radius 2 is 2.00 bits per heavy atom. The molecule has 0 spiro atoms. The van der Waals surface area contributed by atoms with Gasteiger partial charge in [0.05, 0.1) is 23.2 Å². The van der Waals surface area contributed by atoms with Gasteiger partial charge in [0.1, 0.15) is 17.4 Å². The smallest absolute Gasteiger partial charge is 0.411 e. The third-order valence-corrected chi connectivity index (χ3v) is 5.98. The highest BCUT2D eigenvalue weighted by molar-refractivity contribution is 5.90. The number of carbonyl (C=O) groups is 1. The number of nitrogens with one attached hydrogen (secondary N) is 1. The summed E-state index contributed by atoms with van der Waals surface area (Å²) in [5.74, 6) is -0.774. The molecular formula is C23H17F3N8O2. The first-order valence-corrected chi connectivity index (χ1v) is 11.0. The molecule has 0 fully saturated rings. The molecule has 1 atom stereocenters. The zero-order chi connectivity index (χ0) is 25.0. The summed E-state index contributed by atoms with van der Waals surface area (Å²) in [5, 5.41) is 12.1. The molecule has 1 aliphatic heterocycles. The number of carbonyl (C=O) groups excluding carboxylic acids is 1. The summed E-state index contributed by atoms with van der Waals surface area (Å²) in [5.41, 5.74) is 1.97. The van der Waals surface area contributed by atoms with Crippen molar-refractivity contribution in [3.63, 3.8) is 0 Å². The Kier molecular flexibility index (Phi) is 4.88. The molecule has 182 valence electrons. The molecule has 0 unspecified atom stereocenters. The normalized spacial score (nSPS) is 15.9.